The Balaban J connectivity index is 1.86. The van der Waals surface area contributed by atoms with Gasteiger partial charge < -0.3 is 5.32 Å². The number of hydrogen-bond donors (Lipinski definition) is 1. The molecule has 1 unspecified atom stereocenters. The van der Waals surface area contributed by atoms with E-state index < -0.39 is 5.95 Å². The highest BCUT2D eigenvalue weighted by molar-refractivity contribution is 5.34. The summed E-state index contributed by atoms with van der Waals surface area (Å²) >= 11 is 0. The number of aryl methyl sites for hydroxylation is 2. The zero-order valence-corrected chi connectivity index (χ0v) is 11.4. The summed E-state index contributed by atoms with van der Waals surface area (Å²) in [7, 11) is 0. The molecule has 0 amide bonds. The Morgan fingerprint density at radius 2 is 2.00 bits per heavy atom. The Kier molecular flexibility index (Phi) is 4.50. The van der Waals surface area contributed by atoms with Crippen LogP contribution in [0.3, 0.4) is 0 Å². The SMILES string of the molecule is Cc1cccc(CCC(C)Nc2cccc(F)n2)c1. The highest BCUT2D eigenvalue weighted by Crippen LogP contribution is 2.11. The van der Waals surface area contributed by atoms with Gasteiger partial charge in [-0.1, -0.05) is 35.9 Å². The van der Waals surface area contributed by atoms with Crippen molar-refractivity contribution >= 4 is 5.82 Å². The average Bonchev–Trinajstić information content (AvgIpc) is 2.36. The fraction of sp³-hybridized carbons (Fsp3) is 0.312. The minimum atomic E-state index is -0.448. The molecule has 1 atom stereocenters. The van der Waals surface area contributed by atoms with Gasteiger partial charge in [-0.25, -0.2) is 4.98 Å². The number of benzene rings is 1. The van der Waals surface area contributed by atoms with Crippen molar-refractivity contribution in [2.75, 3.05) is 5.32 Å². The topological polar surface area (TPSA) is 24.9 Å². The molecule has 100 valence electrons. The van der Waals surface area contributed by atoms with Crippen LogP contribution in [0.1, 0.15) is 24.5 Å². The highest BCUT2D eigenvalue weighted by atomic mass is 19.1. The van der Waals surface area contributed by atoms with Crippen molar-refractivity contribution < 1.29 is 4.39 Å². The molecule has 0 spiro atoms. The smallest absolute Gasteiger partial charge is 0.214 e. The Hall–Kier alpha value is -1.90. The van der Waals surface area contributed by atoms with E-state index in [0.29, 0.717) is 5.82 Å². The van der Waals surface area contributed by atoms with Crippen molar-refractivity contribution in [2.45, 2.75) is 32.7 Å². The molecule has 0 aliphatic rings. The van der Waals surface area contributed by atoms with Crippen LogP contribution < -0.4 is 5.32 Å². The van der Waals surface area contributed by atoms with Gasteiger partial charge in [-0.2, -0.15) is 4.39 Å². The largest absolute Gasteiger partial charge is 0.368 e. The Bertz CT molecular complexity index is 540. The molecular formula is C16H19FN2. The summed E-state index contributed by atoms with van der Waals surface area (Å²) in [5.41, 5.74) is 2.62. The lowest BCUT2D eigenvalue weighted by Crippen LogP contribution is -2.17. The summed E-state index contributed by atoms with van der Waals surface area (Å²) in [6.45, 7) is 4.18. The molecule has 0 aliphatic heterocycles. The maximum absolute atomic E-state index is 13.0. The number of hydrogen-bond acceptors (Lipinski definition) is 2. The van der Waals surface area contributed by atoms with E-state index in [0.717, 1.165) is 12.8 Å². The molecule has 1 N–H and O–H groups in total. The molecule has 3 heteroatoms. The van der Waals surface area contributed by atoms with Gasteiger partial charge in [-0.15, -0.1) is 0 Å². The molecule has 1 heterocycles. The normalized spacial score (nSPS) is 12.2. The van der Waals surface area contributed by atoms with Gasteiger partial charge in [0.1, 0.15) is 5.82 Å². The van der Waals surface area contributed by atoms with Gasteiger partial charge in [0.25, 0.3) is 0 Å². The maximum Gasteiger partial charge on any atom is 0.214 e. The van der Waals surface area contributed by atoms with Crippen molar-refractivity contribution in [3.8, 4) is 0 Å². The maximum atomic E-state index is 13.0. The Morgan fingerprint density at radius 1 is 1.21 bits per heavy atom. The number of pyridine rings is 1. The van der Waals surface area contributed by atoms with Crippen molar-refractivity contribution in [3.63, 3.8) is 0 Å². The van der Waals surface area contributed by atoms with Crippen LogP contribution in [0.15, 0.2) is 42.5 Å². The minimum absolute atomic E-state index is 0.259. The number of halogens is 1. The van der Waals surface area contributed by atoms with Gasteiger partial charge in [0, 0.05) is 6.04 Å². The van der Waals surface area contributed by atoms with Crippen LogP contribution >= 0.6 is 0 Å². The summed E-state index contributed by atoms with van der Waals surface area (Å²) in [6, 6.07) is 13.6. The summed E-state index contributed by atoms with van der Waals surface area (Å²) in [4.78, 5) is 3.80. The van der Waals surface area contributed by atoms with Gasteiger partial charge in [0.2, 0.25) is 5.95 Å². The van der Waals surface area contributed by atoms with Crippen molar-refractivity contribution in [1.29, 1.82) is 0 Å². The third-order valence-electron chi connectivity index (χ3n) is 3.06. The van der Waals surface area contributed by atoms with Crippen LogP contribution in [-0.4, -0.2) is 11.0 Å². The van der Waals surface area contributed by atoms with E-state index in [4.69, 9.17) is 0 Å². The standard InChI is InChI=1S/C16H19FN2/c1-12-5-3-6-14(11-12)10-9-13(2)18-16-8-4-7-15(17)19-16/h3-8,11,13H,9-10H2,1-2H3,(H,18,19). The highest BCUT2D eigenvalue weighted by Gasteiger charge is 2.04. The van der Waals surface area contributed by atoms with Gasteiger partial charge >= 0.3 is 0 Å². The molecule has 0 radical (unpaired) electrons. The lowest BCUT2D eigenvalue weighted by Gasteiger charge is -2.14. The van der Waals surface area contributed by atoms with Crippen LogP contribution in [0.2, 0.25) is 0 Å². The first-order valence-electron chi connectivity index (χ1n) is 6.58. The molecule has 0 bridgehead atoms. The Morgan fingerprint density at radius 3 is 2.74 bits per heavy atom. The number of nitrogens with one attached hydrogen (secondary N) is 1. The summed E-state index contributed by atoms with van der Waals surface area (Å²) in [5.74, 6) is 0.146. The molecule has 2 nitrogen and oxygen atoms in total. The molecule has 1 aromatic heterocycles. The number of rotatable bonds is 5. The molecule has 2 rings (SSSR count). The van der Waals surface area contributed by atoms with E-state index in [2.05, 4.69) is 48.4 Å². The first-order valence-corrected chi connectivity index (χ1v) is 6.58. The van der Waals surface area contributed by atoms with Crippen LogP contribution in [0.4, 0.5) is 10.2 Å². The second-order valence-electron chi connectivity index (χ2n) is 4.92. The van der Waals surface area contributed by atoms with Gasteiger partial charge in [-0.05, 0) is 44.4 Å². The minimum Gasteiger partial charge on any atom is -0.368 e. The van der Waals surface area contributed by atoms with Crippen LogP contribution in [0.5, 0.6) is 0 Å². The molecule has 0 saturated carbocycles. The van der Waals surface area contributed by atoms with Crippen molar-refractivity contribution in [1.82, 2.24) is 4.98 Å². The summed E-state index contributed by atoms with van der Waals surface area (Å²) in [6.07, 6.45) is 1.99. The van der Waals surface area contributed by atoms with Gasteiger partial charge in [0.15, 0.2) is 0 Å². The fourth-order valence-corrected chi connectivity index (χ4v) is 2.06. The number of aromatic nitrogens is 1. The predicted octanol–water partition coefficient (Wildman–Crippen LogP) is 3.96. The second-order valence-corrected chi connectivity index (χ2v) is 4.92. The van der Waals surface area contributed by atoms with E-state index in [1.807, 2.05) is 0 Å². The summed E-state index contributed by atoms with van der Waals surface area (Å²) < 4.78 is 13.0. The monoisotopic (exact) mass is 258 g/mol. The molecule has 1 aromatic carbocycles. The van der Waals surface area contributed by atoms with Gasteiger partial charge in [0.05, 0.1) is 0 Å². The fourth-order valence-electron chi connectivity index (χ4n) is 2.06. The molecule has 19 heavy (non-hydrogen) atoms. The van der Waals surface area contributed by atoms with Crippen LogP contribution in [0.25, 0.3) is 0 Å². The second kappa shape index (κ2) is 6.32. The molecule has 0 fully saturated rings. The number of anilines is 1. The lowest BCUT2D eigenvalue weighted by atomic mass is 10.0. The molecule has 2 aromatic rings. The molecule has 0 saturated heterocycles. The quantitative estimate of drug-likeness (QED) is 0.821. The third-order valence-corrected chi connectivity index (χ3v) is 3.06. The zero-order valence-electron chi connectivity index (χ0n) is 11.4. The van der Waals surface area contributed by atoms with Crippen molar-refractivity contribution in [3.05, 3.63) is 59.5 Å². The van der Waals surface area contributed by atoms with Crippen molar-refractivity contribution in [2.24, 2.45) is 0 Å². The Labute approximate surface area is 113 Å². The predicted molar refractivity (Wildman–Crippen MR) is 76.8 cm³/mol. The molecular weight excluding hydrogens is 239 g/mol. The zero-order chi connectivity index (χ0) is 13.7. The van der Waals surface area contributed by atoms with E-state index in [1.54, 1.807) is 12.1 Å². The van der Waals surface area contributed by atoms with E-state index in [-0.39, 0.29) is 6.04 Å². The number of nitrogens with zero attached hydrogens (tertiary/aromatic N) is 1. The third kappa shape index (κ3) is 4.36. The lowest BCUT2D eigenvalue weighted by molar-refractivity contribution is 0.583. The van der Waals surface area contributed by atoms with Crippen LogP contribution in [0, 0.1) is 12.9 Å². The molecule has 0 aliphatic carbocycles. The first-order chi connectivity index (χ1) is 9.13. The van der Waals surface area contributed by atoms with Crippen LogP contribution in [-0.2, 0) is 6.42 Å². The van der Waals surface area contributed by atoms with E-state index in [9.17, 15) is 4.39 Å². The van der Waals surface area contributed by atoms with Gasteiger partial charge in [-0.3, -0.25) is 0 Å². The average molecular weight is 258 g/mol. The first kappa shape index (κ1) is 13.5. The summed E-state index contributed by atoms with van der Waals surface area (Å²) in [5, 5.41) is 3.22. The van der Waals surface area contributed by atoms with E-state index in [1.165, 1.54) is 17.2 Å². The van der Waals surface area contributed by atoms with E-state index >= 15 is 0 Å².